The molecule has 0 unspecified atom stereocenters. The SMILES string of the molecule is CCCc1nc(NCc2ccccc2)cc(OCC)n1. The molecule has 0 aliphatic rings. The normalized spacial score (nSPS) is 10.3. The number of benzene rings is 1. The van der Waals surface area contributed by atoms with Crippen molar-refractivity contribution < 1.29 is 4.74 Å². The molecular formula is C16H21N3O. The van der Waals surface area contributed by atoms with Crippen LogP contribution in [0.2, 0.25) is 0 Å². The van der Waals surface area contributed by atoms with Gasteiger partial charge in [0, 0.05) is 19.0 Å². The van der Waals surface area contributed by atoms with E-state index in [4.69, 9.17) is 4.74 Å². The second-order valence-corrected chi connectivity index (χ2v) is 4.53. The first-order valence-electron chi connectivity index (χ1n) is 7.10. The van der Waals surface area contributed by atoms with Gasteiger partial charge in [-0.1, -0.05) is 37.3 Å². The lowest BCUT2D eigenvalue weighted by Gasteiger charge is -2.10. The smallest absolute Gasteiger partial charge is 0.218 e. The molecule has 2 rings (SSSR count). The van der Waals surface area contributed by atoms with E-state index < -0.39 is 0 Å². The Kier molecular flexibility index (Phi) is 5.35. The fourth-order valence-corrected chi connectivity index (χ4v) is 1.91. The van der Waals surface area contributed by atoms with Crippen LogP contribution in [0, 0.1) is 0 Å². The summed E-state index contributed by atoms with van der Waals surface area (Å²) in [7, 11) is 0. The summed E-state index contributed by atoms with van der Waals surface area (Å²) >= 11 is 0. The fraction of sp³-hybridized carbons (Fsp3) is 0.375. The minimum Gasteiger partial charge on any atom is -0.478 e. The molecule has 0 aliphatic heterocycles. The van der Waals surface area contributed by atoms with Crippen LogP contribution < -0.4 is 10.1 Å². The van der Waals surface area contributed by atoms with Crippen LogP contribution in [0.15, 0.2) is 36.4 Å². The lowest BCUT2D eigenvalue weighted by Crippen LogP contribution is -2.06. The minimum atomic E-state index is 0.612. The van der Waals surface area contributed by atoms with Crippen molar-refractivity contribution in [1.29, 1.82) is 0 Å². The highest BCUT2D eigenvalue weighted by molar-refractivity contribution is 5.39. The topological polar surface area (TPSA) is 47.0 Å². The van der Waals surface area contributed by atoms with Gasteiger partial charge < -0.3 is 10.1 Å². The quantitative estimate of drug-likeness (QED) is 0.838. The zero-order chi connectivity index (χ0) is 14.2. The van der Waals surface area contributed by atoms with Gasteiger partial charge in [0.15, 0.2) is 0 Å². The van der Waals surface area contributed by atoms with Crippen LogP contribution in [-0.2, 0) is 13.0 Å². The van der Waals surface area contributed by atoms with E-state index in [1.165, 1.54) is 5.56 Å². The lowest BCUT2D eigenvalue weighted by molar-refractivity contribution is 0.325. The molecule has 0 saturated carbocycles. The molecule has 0 bridgehead atoms. The van der Waals surface area contributed by atoms with E-state index in [2.05, 4.69) is 34.3 Å². The van der Waals surface area contributed by atoms with Crippen molar-refractivity contribution in [3.8, 4) is 5.88 Å². The number of anilines is 1. The Hall–Kier alpha value is -2.10. The highest BCUT2D eigenvalue weighted by atomic mass is 16.5. The second-order valence-electron chi connectivity index (χ2n) is 4.53. The molecule has 0 radical (unpaired) electrons. The summed E-state index contributed by atoms with van der Waals surface area (Å²) in [6, 6.07) is 12.1. The van der Waals surface area contributed by atoms with Crippen LogP contribution in [0.4, 0.5) is 5.82 Å². The highest BCUT2D eigenvalue weighted by Crippen LogP contribution is 2.15. The predicted octanol–water partition coefficient (Wildman–Crippen LogP) is 3.44. The van der Waals surface area contributed by atoms with Crippen LogP contribution in [0.25, 0.3) is 0 Å². The first kappa shape index (κ1) is 14.3. The van der Waals surface area contributed by atoms with Gasteiger partial charge in [-0.25, -0.2) is 4.98 Å². The average Bonchev–Trinajstić information content (AvgIpc) is 2.47. The van der Waals surface area contributed by atoms with Crippen molar-refractivity contribution >= 4 is 5.82 Å². The van der Waals surface area contributed by atoms with E-state index in [1.54, 1.807) is 0 Å². The summed E-state index contributed by atoms with van der Waals surface area (Å²) < 4.78 is 5.49. The van der Waals surface area contributed by atoms with Crippen molar-refractivity contribution in [2.45, 2.75) is 33.2 Å². The van der Waals surface area contributed by atoms with Crippen LogP contribution in [0.5, 0.6) is 5.88 Å². The third kappa shape index (κ3) is 4.23. The van der Waals surface area contributed by atoms with Gasteiger partial charge >= 0.3 is 0 Å². The monoisotopic (exact) mass is 271 g/mol. The molecule has 1 aromatic carbocycles. The minimum absolute atomic E-state index is 0.612. The number of hydrogen-bond donors (Lipinski definition) is 1. The molecule has 1 N–H and O–H groups in total. The van der Waals surface area contributed by atoms with Crippen LogP contribution in [0.1, 0.15) is 31.7 Å². The molecule has 4 heteroatoms. The average molecular weight is 271 g/mol. The van der Waals surface area contributed by atoms with Gasteiger partial charge in [-0.2, -0.15) is 4.98 Å². The van der Waals surface area contributed by atoms with E-state index >= 15 is 0 Å². The largest absolute Gasteiger partial charge is 0.478 e. The number of nitrogens with zero attached hydrogens (tertiary/aromatic N) is 2. The van der Waals surface area contributed by atoms with Gasteiger partial charge in [0.2, 0.25) is 5.88 Å². The zero-order valence-electron chi connectivity index (χ0n) is 12.1. The van der Waals surface area contributed by atoms with Gasteiger partial charge in [-0.15, -0.1) is 0 Å². The Balaban J connectivity index is 2.09. The lowest BCUT2D eigenvalue weighted by atomic mass is 10.2. The van der Waals surface area contributed by atoms with E-state index in [9.17, 15) is 0 Å². The van der Waals surface area contributed by atoms with Crippen molar-refractivity contribution in [3.63, 3.8) is 0 Å². The van der Waals surface area contributed by atoms with Gasteiger partial charge in [0.1, 0.15) is 11.6 Å². The summed E-state index contributed by atoms with van der Waals surface area (Å²) in [6.45, 7) is 5.43. The summed E-state index contributed by atoms with van der Waals surface area (Å²) in [4.78, 5) is 8.91. The number of aryl methyl sites for hydroxylation is 1. The molecule has 0 fully saturated rings. The van der Waals surface area contributed by atoms with E-state index in [0.29, 0.717) is 12.5 Å². The number of ether oxygens (including phenoxy) is 1. The van der Waals surface area contributed by atoms with E-state index in [-0.39, 0.29) is 0 Å². The Morgan fingerprint density at radius 1 is 1.10 bits per heavy atom. The maximum Gasteiger partial charge on any atom is 0.218 e. The molecule has 0 atom stereocenters. The predicted molar refractivity (Wildman–Crippen MR) is 81.0 cm³/mol. The summed E-state index contributed by atoms with van der Waals surface area (Å²) in [5, 5.41) is 3.33. The Morgan fingerprint density at radius 3 is 2.60 bits per heavy atom. The van der Waals surface area contributed by atoms with Gasteiger partial charge in [-0.05, 0) is 18.9 Å². The second kappa shape index (κ2) is 7.48. The van der Waals surface area contributed by atoms with Gasteiger partial charge in [0.05, 0.1) is 6.61 Å². The molecule has 20 heavy (non-hydrogen) atoms. The maximum atomic E-state index is 5.49. The Labute approximate surface area is 120 Å². The first-order valence-corrected chi connectivity index (χ1v) is 7.10. The highest BCUT2D eigenvalue weighted by Gasteiger charge is 2.05. The molecule has 106 valence electrons. The number of aromatic nitrogens is 2. The molecule has 0 saturated heterocycles. The molecule has 1 heterocycles. The standard InChI is InChI=1S/C16H21N3O/c1-3-8-14-18-15(11-16(19-14)20-4-2)17-12-13-9-6-5-7-10-13/h5-7,9-11H,3-4,8,12H2,1-2H3,(H,17,18,19). The molecule has 0 spiro atoms. The van der Waals surface area contributed by atoms with Crippen molar-refractivity contribution in [1.82, 2.24) is 9.97 Å². The maximum absolute atomic E-state index is 5.49. The van der Waals surface area contributed by atoms with Crippen LogP contribution in [-0.4, -0.2) is 16.6 Å². The Bertz CT molecular complexity index is 504. The van der Waals surface area contributed by atoms with Crippen LogP contribution >= 0.6 is 0 Å². The molecule has 2 aromatic rings. The Morgan fingerprint density at radius 2 is 1.90 bits per heavy atom. The van der Waals surface area contributed by atoms with E-state index in [1.807, 2.05) is 31.2 Å². The third-order valence-electron chi connectivity index (χ3n) is 2.83. The van der Waals surface area contributed by atoms with Crippen molar-refractivity contribution in [3.05, 3.63) is 47.8 Å². The number of hydrogen-bond acceptors (Lipinski definition) is 4. The summed E-state index contributed by atoms with van der Waals surface area (Å²) in [6.07, 6.45) is 1.88. The summed E-state index contributed by atoms with van der Waals surface area (Å²) in [5.74, 6) is 2.28. The molecule has 1 aromatic heterocycles. The molecule has 4 nitrogen and oxygen atoms in total. The number of rotatable bonds is 7. The van der Waals surface area contributed by atoms with Gasteiger partial charge in [0.25, 0.3) is 0 Å². The molecule has 0 aliphatic carbocycles. The van der Waals surface area contributed by atoms with Crippen molar-refractivity contribution in [2.75, 3.05) is 11.9 Å². The zero-order valence-corrected chi connectivity index (χ0v) is 12.1. The summed E-state index contributed by atoms with van der Waals surface area (Å²) in [5.41, 5.74) is 1.22. The van der Waals surface area contributed by atoms with Crippen LogP contribution in [0.3, 0.4) is 0 Å². The van der Waals surface area contributed by atoms with Gasteiger partial charge in [-0.3, -0.25) is 0 Å². The van der Waals surface area contributed by atoms with E-state index in [0.717, 1.165) is 31.0 Å². The molecular weight excluding hydrogens is 250 g/mol. The fourth-order valence-electron chi connectivity index (χ4n) is 1.91. The first-order chi connectivity index (χ1) is 9.81. The number of nitrogens with one attached hydrogen (secondary N) is 1. The third-order valence-corrected chi connectivity index (χ3v) is 2.83. The van der Waals surface area contributed by atoms with Crippen molar-refractivity contribution in [2.24, 2.45) is 0 Å². The molecule has 0 amide bonds.